The largest absolute Gasteiger partial charge is 0.504 e. The Bertz CT molecular complexity index is 641. The molecule has 0 saturated heterocycles. The number of aromatic hydroxyl groups is 2. The minimum Gasteiger partial charge on any atom is -0.504 e. The van der Waals surface area contributed by atoms with Crippen molar-refractivity contribution in [1.82, 2.24) is 0 Å². The highest BCUT2D eigenvalue weighted by molar-refractivity contribution is 6.34. The number of phenolic OH excluding ortho intramolecular Hbond substituents is 2. The van der Waals surface area contributed by atoms with Crippen LogP contribution in [0.4, 0.5) is 5.69 Å². The van der Waals surface area contributed by atoms with Gasteiger partial charge < -0.3 is 15.5 Å². The molecule has 0 aliphatic carbocycles. The van der Waals surface area contributed by atoms with E-state index in [1.165, 1.54) is 18.2 Å². The van der Waals surface area contributed by atoms with Crippen molar-refractivity contribution in [3.05, 3.63) is 52.5 Å². The normalized spacial score (nSPS) is 10.2. The quantitative estimate of drug-likeness (QED) is 0.738. The first-order chi connectivity index (χ1) is 8.97. The van der Waals surface area contributed by atoms with Crippen LogP contribution in [0.3, 0.4) is 0 Å². The van der Waals surface area contributed by atoms with E-state index in [9.17, 15) is 15.0 Å². The third-order valence-corrected chi connectivity index (χ3v) is 2.92. The lowest BCUT2D eigenvalue weighted by Crippen LogP contribution is -2.12. The third kappa shape index (κ3) is 2.98. The van der Waals surface area contributed by atoms with Crippen LogP contribution in [0.25, 0.3) is 0 Å². The minimum atomic E-state index is -0.416. The zero-order valence-corrected chi connectivity index (χ0v) is 10.9. The average molecular weight is 278 g/mol. The summed E-state index contributed by atoms with van der Waals surface area (Å²) >= 11 is 6.01. The molecule has 98 valence electrons. The van der Waals surface area contributed by atoms with E-state index in [-0.39, 0.29) is 17.1 Å². The monoisotopic (exact) mass is 277 g/mol. The summed E-state index contributed by atoms with van der Waals surface area (Å²) in [5, 5.41) is 21.6. The molecule has 0 fully saturated rings. The lowest BCUT2D eigenvalue weighted by molar-refractivity contribution is 0.102. The van der Waals surface area contributed by atoms with E-state index in [0.29, 0.717) is 10.7 Å². The number of anilines is 1. The fraction of sp³-hybridized carbons (Fsp3) is 0.0714. The van der Waals surface area contributed by atoms with E-state index in [1.807, 2.05) is 13.0 Å². The molecule has 2 rings (SSSR count). The number of hydrogen-bond donors (Lipinski definition) is 3. The molecular formula is C14H12ClNO3. The Hall–Kier alpha value is -2.20. The molecule has 0 unspecified atom stereocenters. The van der Waals surface area contributed by atoms with Crippen LogP contribution in [0, 0.1) is 6.92 Å². The molecule has 0 aromatic heterocycles. The summed E-state index contributed by atoms with van der Waals surface area (Å²) in [7, 11) is 0. The van der Waals surface area contributed by atoms with Crippen LogP contribution < -0.4 is 5.32 Å². The van der Waals surface area contributed by atoms with Crippen molar-refractivity contribution in [2.75, 3.05) is 5.32 Å². The molecule has 19 heavy (non-hydrogen) atoms. The van der Waals surface area contributed by atoms with E-state index in [0.717, 1.165) is 5.56 Å². The smallest absolute Gasteiger partial charge is 0.255 e. The predicted octanol–water partition coefficient (Wildman–Crippen LogP) is 3.31. The number of halogens is 1. The van der Waals surface area contributed by atoms with Gasteiger partial charge in [-0.3, -0.25) is 4.79 Å². The van der Waals surface area contributed by atoms with Gasteiger partial charge in [0.25, 0.3) is 5.91 Å². The highest BCUT2D eigenvalue weighted by atomic mass is 35.5. The number of aryl methyl sites for hydroxylation is 1. The number of carbonyl (C=O) groups excluding carboxylic acids is 1. The maximum Gasteiger partial charge on any atom is 0.255 e. The van der Waals surface area contributed by atoms with Crippen molar-refractivity contribution in [1.29, 1.82) is 0 Å². The third-order valence-electron chi connectivity index (χ3n) is 2.61. The molecule has 4 nitrogen and oxygen atoms in total. The molecule has 0 radical (unpaired) electrons. The number of rotatable bonds is 2. The Labute approximate surface area is 115 Å². The van der Waals surface area contributed by atoms with Crippen LogP contribution in [0.1, 0.15) is 15.9 Å². The molecule has 5 heteroatoms. The van der Waals surface area contributed by atoms with Gasteiger partial charge in [-0.05, 0) is 42.8 Å². The van der Waals surface area contributed by atoms with Crippen LogP contribution in [0.5, 0.6) is 11.5 Å². The molecule has 1 amide bonds. The van der Waals surface area contributed by atoms with Gasteiger partial charge >= 0.3 is 0 Å². The van der Waals surface area contributed by atoms with Crippen molar-refractivity contribution in [3.63, 3.8) is 0 Å². The summed E-state index contributed by atoms with van der Waals surface area (Å²) in [4.78, 5) is 12.0. The van der Waals surface area contributed by atoms with Crippen LogP contribution in [-0.2, 0) is 0 Å². The maximum absolute atomic E-state index is 12.0. The summed E-state index contributed by atoms with van der Waals surface area (Å²) in [6.45, 7) is 1.90. The van der Waals surface area contributed by atoms with Crippen molar-refractivity contribution < 1.29 is 15.0 Å². The number of phenols is 2. The van der Waals surface area contributed by atoms with Gasteiger partial charge in [0.15, 0.2) is 11.5 Å². The molecule has 0 heterocycles. The van der Waals surface area contributed by atoms with Gasteiger partial charge in [-0.25, -0.2) is 0 Å². The summed E-state index contributed by atoms with van der Waals surface area (Å²) in [6.07, 6.45) is 0. The van der Waals surface area contributed by atoms with E-state index in [2.05, 4.69) is 5.32 Å². The van der Waals surface area contributed by atoms with E-state index < -0.39 is 5.91 Å². The Morgan fingerprint density at radius 3 is 2.47 bits per heavy atom. The molecule has 2 aromatic carbocycles. The Kier molecular flexibility index (Phi) is 3.62. The summed E-state index contributed by atoms with van der Waals surface area (Å²) in [6, 6.07) is 9.12. The minimum absolute atomic E-state index is 0.229. The SMILES string of the molecule is Cc1ccc(NC(=O)c2ccc(O)c(O)c2)c(Cl)c1. The highest BCUT2D eigenvalue weighted by Gasteiger charge is 2.10. The van der Waals surface area contributed by atoms with E-state index >= 15 is 0 Å². The first-order valence-corrected chi connectivity index (χ1v) is 5.94. The molecule has 0 aliphatic heterocycles. The summed E-state index contributed by atoms with van der Waals surface area (Å²) in [5.74, 6) is -1.03. The number of carbonyl (C=O) groups is 1. The van der Waals surface area contributed by atoms with E-state index in [1.54, 1.807) is 12.1 Å². The lowest BCUT2D eigenvalue weighted by atomic mass is 10.1. The summed E-state index contributed by atoms with van der Waals surface area (Å²) < 4.78 is 0. The van der Waals surface area contributed by atoms with Gasteiger partial charge in [-0.1, -0.05) is 17.7 Å². The van der Waals surface area contributed by atoms with Crippen LogP contribution >= 0.6 is 11.6 Å². The van der Waals surface area contributed by atoms with E-state index in [4.69, 9.17) is 11.6 Å². The zero-order chi connectivity index (χ0) is 14.0. The lowest BCUT2D eigenvalue weighted by Gasteiger charge is -2.08. The predicted molar refractivity (Wildman–Crippen MR) is 73.9 cm³/mol. The molecule has 0 spiro atoms. The second-order valence-electron chi connectivity index (χ2n) is 4.14. The van der Waals surface area contributed by atoms with Gasteiger partial charge in [-0.2, -0.15) is 0 Å². The number of benzene rings is 2. The first-order valence-electron chi connectivity index (χ1n) is 5.57. The van der Waals surface area contributed by atoms with Crippen molar-refractivity contribution in [2.24, 2.45) is 0 Å². The number of hydrogen-bond acceptors (Lipinski definition) is 3. The zero-order valence-electron chi connectivity index (χ0n) is 10.1. The standard InChI is InChI=1S/C14H12ClNO3/c1-8-2-4-11(10(15)6-8)16-14(19)9-3-5-12(17)13(18)7-9/h2-7,17-18H,1H3,(H,16,19). The number of nitrogens with one attached hydrogen (secondary N) is 1. The molecule has 2 aromatic rings. The molecule has 0 aliphatic rings. The molecular weight excluding hydrogens is 266 g/mol. The van der Waals surface area contributed by atoms with Crippen LogP contribution in [0.15, 0.2) is 36.4 Å². The Morgan fingerprint density at radius 1 is 1.11 bits per heavy atom. The molecule has 0 atom stereocenters. The first kappa shape index (κ1) is 13.2. The van der Waals surface area contributed by atoms with Crippen molar-refractivity contribution >= 4 is 23.2 Å². The summed E-state index contributed by atoms with van der Waals surface area (Å²) in [5.41, 5.74) is 1.71. The van der Waals surface area contributed by atoms with Gasteiger partial charge in [0.05, 0.1) is 10.7 Å². The number of amides is 1. The fourth-order valence-electron chi connectivity index (χ4n) is 1.58. The van der Waals surface area contributed by atoms with Gasteiger partial charge in [0, 0.05) is 5.56 Å². The second kappa shape index (κ2) is 5.20. The van der Waals surface area contributed by atoms with Gasteiger partial charge in [-0.15, -0.1) is 0 Å². The van der Waals surface area contributed by atoms with Gasteiger partial charge in [0.2, 0.25) is 0 Å². The van der Waals surface area contributed by atoms with Crippen molar-refractivity contribution in [2.45, 2.75) is 6.92 Å². The average Bonchev–Trinajstić information content (AvgIpc) is 2.36. The van der Waals surface area contributed by atoms with Crippen molar-refractivity contribution in [3.8, 4) is 11.5 Å². The fourth-order valence-corrected chi connectivity index (χ4v) is 1.86. The van der Waals surface area contributed by atoms with Gasteiger partial charge in [0.1, 0.15) is 0 Å². The Balaban J connectivity index is 2.23. The highest BCUT2D eigenvalue weighted by Crippen LogP contribution is 2.27. The van der Waals surface area contributed by atoms with Crippen LogP contribution in [-0.4, -0.2) is 16.1 Å². The topological polar surface area (TPSA) is 69.6 Å². The van der Waals surface area contributed by atoms with Crippen LogP contribution in [0.2, 0.25) is 5.02 Å². The molecule has 3 N–H and O–H groups in total. The molecule has 0 saturated carbocycles. The Morgan fingerprint density at radius 2 is 1.84 bits per heavy atom. The maximum atomic E-state index is 12.0. The molecule has 0 bridgehead atoms. The second-order valence-corrected chi connectivity index (χ2v) is 4.55.